The van der Waals surface area contributed by atoms with Gasteiger partial charge in [-0.2, -0.15) is 4.79 Å². The highest BCUT2D eigenvalue weighted by molar-refractivity contribution is 6.25. The van der Waals surface area contributed by atoms with Crippen molar-refractivity contribution in [1.82, 2.24) is 4.90 Å². The molecule has 1 aliphatic rings. The van der Waals surface area contributed by atoms with Crippen LogP contribution in [-0.4, -0.2) is 52.3 Å². The number of esters is 1. The van der Waals surface area contributed by atoms with E-state index in [9.17, 15) is 19.2 Å². The van der Waals surface area contributed by atoms with E-state index < -0.39 is 23.9 Å². The fourth-order valence-electron chi connectivity index (χ4n) is 2.58. The number of cyclic esters (lactones) is 1. The van der Waals surface area contributed by atoms with Gasteiger partial charge in [-0.25, -0.2) is 9.59 Å². The van der Waals surface area contributed by atoms with Gasteiger partial charge in [-0.15, -0.1) is 0 Å². The molecule has 0 saturated carbocycles. The summed E-state index contributed by atoms with van der Waals surface area (Å²) in [6, 6.07) is 6.14. The highest BCUT2D eigenvalue weighted by Gasteiger charge is 2.38. The maximum absolute atomic E-state index is 12.2. The Morgan fingerprint density at radius 1 is 1.30 bits per heavy atom. The number of rotatable bonds is 8. The molecule has 142 valence electrons. The fraction of sp³-hybridized carbons (Fsp3) is 0.389. The molecular weight excluding hydrogens is 354 g/mol. The van der Waals surface area contributed by atoms with Crippen molar-refractivity contribution in [1.29, 1.82) is 0 Å². The van der Waals surface area contributed by atoms with Crippen molar-refractivity contribution in [3.63, 3.8) is 0 Å². The molecule has 9 heteroatoms. The Morgan fingerprint density at radius 3 is 2.59 bits per heavy atom. The summed E-state index contributed by atoms with van der Waals surface area (Å²) in [6.07, 6.45) is 0.305. The molecule has 0 bridgehead atoms. The summed E-state index contributed by atoms with van der Waals surface area (Å²) < 4.78 is 10.1. The first-order valence-corrected chi connectivity index (χ1v) is 8.28. The van der Waals surface area contributed by atoms with Crippen molar-refractivity contribution in [3.8, 4) is 0 Å². The van der Waals surface area contributed by atoms with Gasteiger partial charge in [0.1, 0.15) is 18.4 Å². The highest BCUT2D eigenvalue weighted by atomic mass is 16.6. The number of nitrogens with zero attached hydrogens (tertiary/aromatic N) is 3. The fourth-order valence-corrected chi connectivity index (χ4v) is 2.58. The van der Waals surface area contributed by atoms with E-state index in [4.69, 9.17) is 15.0 Å². The number of carbonyl (C=O) groups excluding carboxylic acids is 4. The van der Waals surface area contributed by atoms with Crippen LogP contribution in [0.5, 0.6) is 0 Å². The zero-order chi connectivity index (χ0) is 19.8. The standard InChI is InChI=1S/C18H19N3O6/c1-12(22)8-13-2-4-14(5-3-13)10-26-18(25)21-11-27-17(24)16(21)7-6-15(23)9-20-19/h2-5,9,16H,6-8,10-11H2,1H3/t16-/m0/s1. The van der Waals surface area contributed by atoms with E-state index in [2.05, 4.69) is 4.79 Å². The third kappa shape index (κ3) is 5.86. The van der Waals surface area contributed by atoms with Crippen LogP contribution in [0.25, 0.3) is 5.53 Å². The van der Waals surface area contributed by atoms with Crippen molar-refractivity contribution in [3.05, 3.63) is 40.9 Å². The van der Waals surface area contributed by atoms with Crippen molar-refractivity contribution in [2.75, 3.05) is 6.73 Å². The van der Waals surface area contributed by atoms with Crippen LogP contribution < -0.4 is 0 Å². The van der Waals surface area contributed by atoms with Crippen LogP contribution in [0, 0.1) is 0 Å². The van der Waals surface area contributed by atoms with Gasteiger partial charge in [-0.05, 0) is 24.5 Å². The van der Waals surface area contributed by atoms with Crippen LogP contribution in [0.4, 0.5) is 4.79 Å². The molecule has 1 amide bonds. The van der Waals surface area contributed by atoms with Crippen LogP contribution in [0.15, 0.2) is 24.3 Å². The summed E-state index contributed by atoms with van der Waals surface area (Å²) in [7, 11) is 0. The normalized spacial score (nSPS) is 15.7. The van der Waals surface area contributed by atoms with Crippen LogP contribution >= 0.6 is 0 Å². The molecule has 0 aliphatic carbocycles. The minimum absolute atomic E-state index is 0.00725. The van der Waals surface area contributed by atoms with Gasteiger partial charge in [0, 0.05) is 12.8 Å². The van der Waals surface area contributed by atoms with E-state index in [-0.39, 0.29) is 32.0 Å². The van der Waals surface area contributed by atoms with Gasteiger partial charge in [0.05, 0.1) is 0 Å². The molecule has 0 radical (unpaired) electrons. The minimum atomic E-state index is -0.925. The Morgan fingerprint density at radius 2 is 1.96 bits per heavy atom. The van der Waals surface area contributed by atoms with Gasteiger partial charge < -0.3 is 15.0 Å². The van der Waals surface area contributed by atoms with E-state index in [0.717, 1.165) is 22.2 Å². The maximum Gasteiger partial charge on any atom is 0.413 e. The molecule has 0 N–H and O–H groups in total. The summed E-state index contributed by atoms with van der Waals surface area (Å²) in [5, 5.41) is 0. The van der Waals surface area contributed by atoms with E-state index in [1.807, 2.05) is 0 Å². The van der Waals surface area contributed by atoms with Crippen molar-refractivity contribution >= 4 is 29.8 Å². The van der Waals surface area contributed by atoms with E-state index in [1.165, 1.54) is 6.92 Å². The molecule has 1 saturated heterocycles. The summed E-state index contributed by atoms with van der Waals surface area (Å²) >= 11 is 0. The van der Waals surface area contributed by atoms with Crippen molar-refractivity contribution in [2.24, 2.45) is 0 Å². The number of hydrogen-bond acceptors (Lipinski definition) is 6. The van der Waals surface area contributed by atoms with Crippen molar-refractivity contribution < 1.29 is 33.4 Å². The second kappa shape index (κ2) is 9.40. The predicted octanol–water partition coefficient (Wildman–Crippen LogP) is 1.29. The Hall–Kier alpha value is -3.32. The number of carbonyl (C=O) groups is 4. The number of ketones is 2. The lowest BCUT2D eigenvalue weighted by molar-refractivity contribution is -0.139. The lowest BCUT2D eigenvalue weighted by atomic mass is 10.1. The molecule has 1 aliphatic heterocycles. The summed E-state index contributed by atoms with van der Waals surface area (Å²) in [4.78, 5) is 50.2. The maximum atomic E-state index is 12.2. The third-order valence-corrected chi connectivity index (χ3v) is 3.93. The average molecular weight is 373 g/mol. The molecule has 0 unspecified atom stereocenters. The number of benzene rings is 1. The summed E-state index contributed by atoms with van der Waals surface area (Å²) in [5.41, 5.74) is 9.91. The Labute approximate surface area is 155 Å². The molecule has 1 heterocycles. The van der Waals surface area contributed by atoms with Gasteiger partial charge in [0.15, 0.2) is 6.73 Å². The van der Waals surface area contributed by atoms with Gasteiger partial charge >= 0.3 is 18.3 Å². The third-order valence-electron chi connectivity index (χ3n) is 3.93. The lowest BCUT2D eigenvalue weighted by Gasteiger charge is -2.19. The molecule has 1 aromatic rings. The first-order valence-electron chi connectivity index (χ1n) is 8.28. The Bertz CT molecular complexity index is 783. The Balaban J connectivity index is 1.89. The topological polar surface area (TPSA) is 126 Å². The monoisotopic (exact) mass is 373 g/mol. The predicted molar refractivity (Wildman–Crippen MR) is 91.5 cm³/mol. The first kappa shape index (κ1) is 20.0. The lowest BCUT2D eigenvalue weighted by Crippen LogP contribution is -2.38. The average Bonchev–Trinajstić information content (AvgIpc) is 2.99. The Kier molecular flexibility index (Phi) is 6.96. The van der Waals surface area contributed by atoms with Gasteiger partial charge in [0.2, 0.25) is 5.78 Å². The molecule has 27 heavy (non-hydrogen) atoms. The zero-order valence-electron chi connectivity index (χ0n) is 14.8. The molecule has 1 fully saturated rings. The SMILES string of the molecule is CC(=O)Cc1ccc(COC(=O)N2COC(=O)[C@@H]2CCC(=O)C=[N+]=[N-])cc1. The number of amides is 1. The van der Waals surface area contributed by atoms with E-state index in [1.54, 1.807) is 24.3 Å². The molecule has 2 rings (SSSR count). The second-order valence-corrected chi connectivity index (χ2v) is 6.08. The molecule has 0 spiro atoms. The molecule has 1 aromatic carbocycles. The number of Topliss-reactive ketones (excluding diaryl/α,β-unsaturated/α-hetero) is 2. The van der Waals surface area contributed by atoms with Gasteiger partial charge in [-0.1, -0.05) is 24.3 Å². The smallest absolute Gasteiger partial charge is 0.413 e. The molecular formula is C18H19N3O6. The van der Waals surface area contributed by atoms with Gasteiger partial charge in [-0.3, -0.25) is 14.5 Å². The second-order valence-electron chi connectivity index (χ2n) is 6.08. The van der Waals surface area contributed by atoms with E-state index in [0.29, 0.717) is 6.42 Å². The van der Waals surface area contributed by atoms with E-state index >= 15 is 0 Å². The zero-order valence-corrected chi connectivity index (χ0v) is 14.8. The van der Waals surface area contributed by atoms with Crippen LogP contribution in [0.3, 0.4) is 0 Å². The largest absolute Gasteiger partial charge is 0.444 e. The van der Waals surface area contributed by atoms with Gasteiger partial charge in [0.25, 0.3) is 0 Å². The van der Waals surface area contributed by atoms with Crippen molar-refractivity contribution in [2.45, 2.75) is 38.8 Å². The first-order chi connectivity index (χ1) is 12.9. The molecule has 9 nitrogen and oxygen atoms in total. The highest BCUT2D eigenvalue weighted by Crippen LogP contribution is 2.18. The van der Waals surface area contributed by atoms with Crippen LogP contribution in [0.1, 0.15) is 30.9 Å². The number of ether oxygens (including phenoxy) is 2. The molecule has 0 aromatic heterocycles. The number of hydrogen-bond donors (Lipinski definition) is 0. The summed E-state index contributed by atoms with van der Waals surface area (Å²) in [6.45, 7) is 1.25. The van der Waals surface area contributed by atoms with Crippen LogP contribution in [0.2, 0.25) is 0 Å². The quantitative estimate of drug-likeness (QED) is 0.292. The summed E-state index contributed by atoms with van der Waals surface area (Å²) in [5.74, 6) is -1.03. The minimum Gasteiger partial charge on any atom is -0.444 e. The van der Waals surface area contributed by atoms with Crippen LogP contribution in [-0.2, 0) is 36.9 Å². The molecule has 1 atom stereocenters.